The minimum absolute atomic E-state index is 0.220. The molecule has 0 aliphatic heterocycles. The monoisotopic (exact) mass is 266 g/mol. The van der Waals surface area contributed by atoms with Crippen molar-refractivity contribution in [1.29, 1.82) is 0 Å². The number of carbonyl (C=O) groups is 2. The Kier molecular flexibility index (Phi) is 3.45. The number of hydrogen-bond acceptors (Lipinski definition) is 4. The number of carbonyl (C=O) groups excluding carboxylic acids is 2. The van der Waals surface area contributed by atoms with Crippen LogP contribution in [0.2, 0.25) is 0 Å². The number of rotatable bonds is 3. The third-order valence-electron chi connectivity index (χ3n) is 4.05. The minimum atomic E-state index is -0.628. The molecular weight excluding hydrogens is 244 g/mol. The second kappa shape index (κ2) is 4.66. The van der Waals surface area contributed by atoms with Gasteiger partial charge in [-0.3, -0.25) is 4.79 Å². The molecule has 0 N–H and O–H groups in total. The van der Waals surface area contributed by atoms with Crippen LogP contribution in [0.1, 0.15) is 46.5 Å². The average Bonchev–Trinajstić information content (AvgIpc) is 2.85. The van der Waals surface area contributed by atoms with Crippen molar-refractivity contribution in [2.45, 2.75) is 58.2 Å². The van der Waals surface area contributed by atoms with Crippen molar-refractivity contribution in [3.8, 4) is 0 Å². The molecule has 0 amide bonds. The van der Waals surface area contributed by atoms with Crippen molar-refractivity contribution >= 4 is 11.9 Å². The Labute approximate surface area is 114 Å². The first-order valence-corrected chi connectivity index (χ1v) is 6.83. The van der Waals surface area contributed by atoms with Crippen molar-refractivity contribution in [3.05, 3.63) is 12.7 Å². The zero-order chi connectivity index (χ0) is 14.3. The van der Waals surface area contributed by atoms with Gasteiger partial charge < -0.3 is 9.47 Å². The second-order valence-corrected chi connectivity index (χ2v) is 6.63. The second-order valence-electron chi connectivity index (χ2n) is 6.63. The zero-order valence-corrected chi connectivity index (χ0v) is 11.9. The van der Waals surface area contributed by atoms with Gasteiger partial charge in [0.25, 0.3) is 0 Å². The topological polar surface area (TPSA) is 52.6 Å². The first kappa shape index (κ1) is 14.1. The van der Waals surface area contributed by atoms with E-state index in [4.69, 9.17) is 9.47 Å². The summed E-state index contributed by atoms with van der Waals surface area (Å²) >= 11 is 0. The summed E-state index contributed by atoms with van der Waals surface area (Å²) in [5, 5.41) is 0. The van der Waals surface area contributed by atoms with Crippen molar-refractivity contribution < 1.29 is 19.1 Å². The number of esters is 2. The van der Waals surface area contributed by atoms with Crippen molar-refractivity contribution in [2.24, 2.45) is 11.3 Å². The Hall–Kier alpha value is -1.32. The van der Waals surface area contributed by atoms with Crippen LogP contribution in [0.25, 0.3) is 0 Å². The summed E-state index contributed by atoms with van der Waals surface area (Å²) in [6.45, 7) is 8.97. The first-order valence-electron chi connectivity index (χ1n) is 6.83. The summed E-state index contributed by atoms with van der Waals surface area (Å²) in [6.07, 6.45) is 4.10. The van der Waals surface area contributed by atoms with Crippen LogP contribution in [-0.4, -0.2) is 23.6 Å². The van der Waals surface area contributed by atoms with Gasteiger partial charge in [-0.25, -0.2) is 4.79 Å². The molecule has 2 bridgehead atoms. The molecule has 2 fully saturated rings. The van der Waals surface area contributed by atoms with E-state index in [1.54, 1.807) is 0 Å². The van der Waals surface area contributed by atoms with E-state index in [-0.39, 0.29) is 12.1 Å². The highest BCUT2D eigenvalue weighted by Gasteiger charge is 2.60. The van der Waals surface area contributed by atoms with E-state index >= 15 is 0 Å². The molecule has 4 heteroatoms. The maximum absolute atomic E-state index is 12.5. The Morgan fingerprint density at radius 2 is 2.05 bits per heavy atom. The van der Waals surface area contributed by atoms with Crippen LogP contribution in [0.3, 0.4) is 0 Å². The van der Waals surface area contributed by atoms with Gasteiger partial charge in [0.2, 0.25) is 0 Å². The van der Waals surface area contributed by atoms with Crippen LogP contribution in [0.4, 0.5) is 0 Å². The number of fused-ring (bicyclic) bond motifs is 2. The molecule has 2 aliphatic carbocycles. The minimum Gasteiger partial charge on any atom is -0.459 e. The van der Waals surface area contributed by atoms with E-state index in [2.05, 4.69) is 6.58 Å². The average molecular weight is 266 g/mol. The summed E-state index contributed by atoms with van der Waals surface area (Å²) in [5.41, 5.74) is -1.14. The van der Waals surface area contributed by atoms with Gasteiger partial charge in [-0.15, -0.1) is 0 Å². The van der Waals surface area contributed by atoms with E-state index in [0.29, 0.717) is 5.92 Å². The molecule has 0 aromatic carbocycles. The Bertz CT molecular complexity index is 407. The van der Waals surface area contributed by atoms with Crippen LogP contribution in [-0.2, 0) is 19.1 Å². The van der Waals surface area contributed by atoms with Crippen LogP contribution in [0, 0.1) is 11.3 Å². The van der Waals surface area contributed by atoms with E-state index in [1.807, 2.05) is 20.8 Å². The van der Waals surface area contributed by atoms with Gasteiger partial charge in [0.15, 0.2) is 0 Å². The van der Waals surface area contributed by atoms with E-state index in [1.165, 1.54) is 0 Å². The van der Waals surface area contributed by atoms with Crippen molar-refractivity contribution in [1.82, 2.24) is 0 Å². The largest absolute Gasteiger partial charge is 0.459 e. The maximum atomic E-state index is 12.5. The summed E-state index contributed by atoms with van der Waals surface area (Å²) in [7, 11) is 0. The summed E-state index contributed by atoms with van der Waals surface area (Å²) in [5.74, 6) is -0.211. The Morgan fingerprint density at radius 1 is 1.37 bits per heavy atom. The number of ether oxygens (including phenoxy) is 2. The molecule has 106 valence electrons. The Morgan fingerprint density at radius 3 is 2.58 bits per heavy atom. The molecule has 0 heterocycles. The predicted octanol–water partition coefficient (Wildman–Crippen LogP) is 2.62. The fourth-order valence-electron chi connectivity index (χ4n) is 3.25. The standard InChI is InChI=1S/C15H22O4/c1-5-12(16)18-11-8-10-6-7-15(11,9-10)13(17)19-14(2,3)4/h5,10-11H,1,6-9H2,2-4H3. The quantitative estimate of drug-likeness (QED) is 0.582. The third kappa shape index (κ3) is 2.67. The van der Waals surface area contributed by atoms with Crippen LogP contribution < -0.4 is 0 Å². The molecule has 19 heavy (non-hydrogen) atoms. The van der Waals surface area contributed by atoms with E-state index in [9.17, 15) is 9.59 Å². The molecule has 0 aromatic rings. The highest BCUT2D eigenvalue weighted by molar-refractivity contribution is 5.83. The molecule has 2 aliphatic rings. The lowest BCUT2D eigenvalue weighted by molar-refractivity contribution is -0.178. The summed E-state index contributed by atoms with van der Waals surface area (Å²) in [6, 6.07) is 0. The molecule has 2 rings (SSSR count). The fraction of sp³-hybridized carbons (Fsp3) is 0.733. The maximum Gasteiger partial charge on any atom is 0.330 e. The summed E-state index contributed by atoms with van der Waals surface area (Å²) < 4.78 is 10.9. The highest BCUT2D eigenvalue weighted by Crippen LogP contribution is 2.56. The molecule has 0 radical (unpaired) electrons. The van der Waals surface area contributed by atoms with E-state index < -0.39 is 17.0 Å². The molecule has 3 unspecified atom stereocenters. The van der Waals surface area contributed by atoms with Gasteiger partial charge >= 0.3 is 11.9 Å². The predicted molar refractivity (Wildman–Crippen MR) is 70.3 cm³/mol. The van der Waals surface area contributed by atoms with Gasteiger partial charge in [0.1, 0.15) is 17.1 Å². The lowest BCUT2D eigenvalue weighted by Crippen LogP contribution is -2.44. The van der Waals surface area contributed by atoms with E-state index in [0.717, 1.165) is 31.8 Å². The number of hydrogen-bond donors (Lipinski definition) is 0. The van der Waals surface area contributed by atoms with Gasteiger partial charge in [-0.2, -0.15) is 0 Å². The molecule has 0 saturated heterocycles. The van der Waals surface area contributed by atoms with Gasteiger partial charge in [-0.1, -0.05) is 6.58 Å². The van der Waals surface area contributed by atoms with Crippen molar-refractivity contribution in [2.75, 3.05) is 0 Å². The van der Waals surface area contributed by atoms with Gasteiger partial charge in [0.05, 0.1) is 0 Å². The molecule has 2 saturated carbocycles. The lowest BCUT2D eigenvalue weighted by atomic mass is 9.81. The zero-order valence-electron chi connectivity index (χ0n) is 11.9. The van der Waals surface area contributed by atoms with Crippen LogP contribution in [0.15, 0.2) is 12.7 Å². The lowest BCUT2D eigenvalue weighted by Gasteiger charge is -2.34. The molecule has 0 spiro atoms. The van der Waals surface area contributed by atoms with Gasteiger partial charge in [-0.05, 0) is 52.4 Å². The fourth-order valence-corrected chi connectivity index (χ4v) is 3.25. The van der Waals surface area contributed by atoms with Crippen LogP contribution >= 0.6 is 0 Å². The third-order valence-corrected chi connectivity index (χ3v) is 4.05. The van der Waals surface area contributed by atoms with Crippen molar-refractivity contribution in [3.63, 3.8) is 0 Å². The SMILES string of the molecule is C=CC(=O)OC1CC2CCC1(C(=O)OC(C)(C)C)C2. The smallest absolute Gasteiger partial charge is 0.330 e. The molecule has 0 aromatic heterocycles. The highest BCUT2D eigenvalue weighted by atomic mass is 16.6. The van der Waals surface area contributed by atoms with Crippen LogP contribution in [0.5, 0.6) is 0 Å². The Balaban J connectivity index is 2.16. The first-order chi connectivity index (χ1) is 8.77. The van der Waals surface area contributed by atoms with Gasteiger partial charge in [0, 0.05) is 6.08 Å². The molecular formula is C15H22O4. The normalized spacial score (nSPS) is 33.0. The molecule has 3 atom stereocenters. The summed E-state index contributed by atoms with van der Waals surface area (Å²) in [4.78, 5) is 23.9. The molecule has 4 nitrogen and oxygen atoms in total.